The van der Waals surface area contributed by atoms with Crippen molar-refractivity contribution >= 4 is 33.6 Å². The van der Waals surface area contributed by atoms with Crippen LogP contribution < -0.4 is 11.0 Å². The fourth-order valence-electron chi connectivity index (χ4n) is 3.71. The van der Waals surface area contributed by atoms with Gasteiger partial charge in [0, 0.05) is 16.6 Å². The van der Waals surface area contributed by atoms with Crippen molar-refractivity contribution in [3.63, 3.8) is 0 Å². The maximum Gasteiger partial charge on any atom is 0.311 e. The predicted molar refractivity (Wildman–Crippen MR) is 120 cm³/mol. The number of rotatable bonds is 4. The second kappa shape index (κ2) is 7.31. The number of aromatic nitrogens is 5. The van der Waals surface area contributed by atoms with Gasteiger partial charge in [-0.2, -0.15) is 5.10 Å². The molecule has 0 aliphatic heterocycles. The largest absolute Gasteiger partial charge is 0.358 e. The Balaban J connectivity index is 1.47. The number of amides is 1. The zero-order chi connectivity index (χ0) is 22.4. The normalized spacial score (nSPS) is 11.2. The monoisotopic (exact) mass is 426 g/mol. The van der Waals surface area contributed by atoms with Gasteiger partial charge < -0.3 is 4.98 Å². The Morgan fingerprint density at radius 3 is 2.53 bits per heavy atom. The molecule has 0 radical (unpaired) electrons. The van der Waals surface area contributed by atoms with Gasteiger partial charge in [-0.3, -0.25) is 19.8 Å². The number of H-pyrrole nitrogens is 1. The smallest absolute Gasteiger partial charge is 0.311 e. The van der Waals surface area contributed by atoms with E-state index in [2.05, 4.69) is 20.5 Å². The van der Waals surface area contributed by atoms with Crippen LogP contribution in [0, 0.1) is 13.8 Å². The summed E-state index contributed by atoms with van der Waals surface area (Å²) in [6, 6.07) is 14.8. The number of para-hydroxylation sites is 1. The number of carbonyl (C=O) groups excluding carboxylic acids is 2. The van der Waals surface area contributed by atoms with Crippen molar-refractivity contribution in [3.8, 4) is 5.69 Å². The number of Topliss-reactive ketones (excluding diaryl/α,β-unsaturated/α-hetero) is 1. The van der Waals surface area contributed by atoms with E-state index in [0.717, 1.165) is 21.4 Å². The van der Waals surface area contributed by atoms with Crippen molar-refractivity contribution in [2.75, 3.05) is 5.43 Å². The van der Waals surface area contributed by atoms with E-state index in [1.54, 1.807) is 23.7 Å². The highest BCUT2D eigenvalue weighted by molar-refractivity contribution is 6.47. The molecule has 3 aromatic heterocycles. The van der Waals surface area contributed by atoms with E-state index < -0.39 is 17.2 Å². The van der Waals surface area contributed by atoms with Crippen LogP contribution in [0.25, 0.3) is 27.6 Å². The first kappa shape index (κ1) is 19.4. The first-order valence-corrected chi connectivity index (χ1v) is 9.89. The first-order valence-electron chi connectivity index (χ1n) is 9.89. The van der Waals surface area contributed by atoms with Crippen LogP contribution in [0.1, 0.15) is 21.6 Å². The van der Waals surface area contributed by atoms with E-state index in [-0.39, 0.29) is 10.9 Å². The summed E-state index contributed by atoms with van der Waals surface area (Å²) in [7, 11) is 0. The fraction of sp³-hybridized carbons (Fsp3) is 0.0870. The number of ketones is 1. The molecule has 0 fully saturated rings. The number of nitrogens with one attached hydrogen (secondary N) is 2. The standard InChI is InChI=1S/C23H18N6O3/c1-13-7-9-15(10-8-13)29-21-17(11-25-29)23(32)28(12-24-21)27-22(31)20(30)19-14(2)26-18-6-4-3-5-16(18)19/h3-12,26H,1-2H3,(H,27,31). The van der Waals surface area contributed by atoms with Crippen LogP contribution in [0.5, 0.6) is 0 Å². The van der Waals surface area contributed by atoms with Crippen molar-refractivity contribution in [1.82, 2.24) is 24.4 Å². The SMILES string of the molecule is Cc1ccc(-n2ncc3c(=O)n(NC(=O)C(=O)c4c(C)[nH]c5ccccc45)cnc32)cc1. The molecule has 0 aliphatic carbocycles. The van der Waals surface area contributed by atoms with Gasteiger partial charge in [0.1, 0.15) is 11.7 Å². The number of nitrogens with zero attached hydrogens (tertiary/aromatic N) is 4. The fourth-order valence-corrected chi connectivity index (χ4v) is 3.71. The Bertz CT molecular complexity index is 1570. The third kappa shape index (κ3) is 3.07. The summed E-state index contributed by atoms with van der Waals surface area (Å²) in [6.07, 6.45) is 2.56. The molecule has 5 rings (SSSR count). The van der Waals surface area contributed by atoms with Gasteiger partial charge in [-0.05, 0) is 32.0 Å². The summed E-state index contributed by atoms with van der Waals surface area (Å²) in [6.45, 7) is 3.70. The summed E-state index contributed by atoms with van der Waals surface area (Å²) in [5.74, 6) is -1.69. The molecule has 2 N–H and O–H groups in total. The Labute approximate surface area is 181 Å². The van der Waals surface area contributed by atoms with E-state index in [4.69, 9.17) is 0 Å². The van der Waals surface area contributed by atoms with Crippen LogP contribution >= 0.6 is 0 Å². The average molecular weight is 426 g/mol. The minimum absolute atomic E-state index is 0.212. The van der Waals surface area contributed by atoms with Crippen LogP contribution in [0.2, 0.25) is 0 Å². The molecule has 0 saturated carbocycles. The van der Waals surface area contributed by atoms with Crippen LogP contribution in [0.15, 0.2) is 65.8 Å². The summed E-state index contributed by atoms with van der Waals surface area (Å²) in [5.41, 5.74) is 5.60. The molecule has 32 heavy (non-hydrogen) atoms. The lowest BCUT2D eigenvalue weighted by molar-refractivity contribution is -0.113. The van der Waals surface area contributed by atoms with Crippen molar-refractivity contribution in [1.29, 1.82) is 0 Å². The van der Waals surface area contributed by atoms with Gasteiger partial charge in [0.25, 0.3) is 11.3 Å². The number of benzene rings is 2. The Kier molecular flexibility index (Phi) is 4.44. The summed E-state index contributed by atoms with van der Waals surface area (Å²) < 4.78 is 2.44. The van der Waals surface area contributed by atoms with E-state index in [1.165, 1.54) is 12.5 Å². The molecule has 3 heterocycles. The Hall–Kier alpha value is -4.53. The third-order valence-corrected chi connectivity index (χ3v) is 5.32. The highest BCUT2D eigenvalue weighted by Gasteiger charge is 2.23. The molecule has 0 aliphatic rings. The molecular formula is C23H18N6O3. The summed E-state index contributed by atoms with van der Waals surface area (Å²) >= 11 is 0. The lowest BCUT2D eigenvalue weighted by Gasteiger charge is -2.08. The quantitative estimate of drug-likeness (QED) is 0.339. The maximum absolute atomic E-state index is 12.9. The minimum Gasteiger partial charge on any atom is -0.358 e. The molecule has 9 heteroatoms. The molecule has 2 aromatic carbocycles. The minimum atomic E-state index is -0.938. The molecule has 1 amide bonds. The summed E-state index contributed by atoms with van der Waals surface area (Å²) in [4.78, 5) is 45.8. The Morgan fingerprint density at radius 2 is 1.75 bits per heavy atom. The van der Waals surface area contributed by atoms with Crippen molar-refractivity contribution in [2.24, 2.45) is 0 Å². The molecule has 5 aromatic rings. The Morgan fingerprint density at radius 1 is 1.00 bits per heavy atom. The van der Waals surface area contributed by atoms with Gasteiger partial charge in [0.15, 0.2) is 5.65 Å². The predicted octanol–water partition coefficient (Wildman–Crippen LogP) is 2.63. The zero-order valence-corrected chi connectivity index (χ0v) is 17.3. The van der Waals surface area contributed by atoms with Crippen LogP contribution in [-0.2, 0) is 4.79 Å². The highest BCUT2D eigenvalue weighted by Crippen LogP contribution is 2.22. The number of carbonyl (C=O) groups is 2. The zero-order valence-electron chi connectivity index (χ0n) is 17.3. The van der Waals surface area contributed by atoms with Crippen molar-refractivity contribution < 1.29 is 9.59 Å². The molecule has 0 saturated heterocycles. The molecule has 0 atom stereocenters. The van der Waals surface area contributed by atoms with Crippen LogP contribution in [0.4, 0.5) is 0 Å². The molecule has 9 nitrogen and oxygen atoms in total. The summed E-state index contributed by atoms with van der Waals surface area (Å²) in [5, 5.41) is 5.11. The first-order chi connectivity index (χ1) is 15.4. The van der Waals surface area contributed by atoms with E-state index in [9.17, 15) is 14.4 Å². The van der Waals surface area contributed by atoms with E-state index in [1.807, 2.05) is 43.3 Å². The van der Waals surface area contributed by atoms with Gasteiger partial charge in [0.2, 0.25) is 0 Å². The van der Waals surface area contributed by atoms with Gasteiger partial charge in [-0.1, -0.05) is 35.9 Å². The van der Waals surface area contributed by atoms with Gasteiger partial charge in [-0.15, -0.1) is 0 Å². The van der Waals surface area contributed by atoms with Gasteiger partial charge in [-0.25, -0.2) is 14.3 Å². The molecule has 0 spiro atoms. The number of aryl methyl sites for hydroxylation is 2. The highest BCUT2D eigenvalue weighted by atomic mass is 16.2. The second-order valence-corrected chi connectivity index (χ2v) is 7.49. The van der Waals surface area contributed by atoms with E-state index in [0.29, 0.717) is 16.7 Å². The lowest BCUT2D eigenvalue weighted by atomic mass is 10.1. The number of fused-ring (bicyclic) bond motifs is 2. The molecule has 0 unspecified atom stereocenters. The van der Waals surface area contributed by atoms with E-state index >= 15 is 0 Å². The molecule has 0 bridgehead atoms. The number of aromatic amines is 1. The van der Waals surface area contributed by atoms with Crippen LogP contribution in [-0.4, -0.2) is 36.1 Å². The topological polar surface area (TPSA) is 115 Å². The van der Waals surface area contributed by atoms with Gasteiger partial charge >= 0.3 is 5.91 Å². The van der Waals surface area contributed by atoms with Crippen molar-refractivity contribution in [3.05, 3.63) is 88.2 Å². The van der Waals surface area contributed by atoms with Crippen LogP contribution in [0.3, 0.4) is 0 Å². The second-order valence-electron chi connectivity index (χ2n) is 7.49. The number of hydrogen-bond donors (Lipinski definition) is 2. The number of hydrogen-bond acceptors (Lipinski definition) is 5. The molecule has 158 valence electrons. The van der Waals surface area contributed by atoms with Gasteiger partial charge in [0.05, 0.1) is 17.4 Å². The van der Waals surface area contributed by atoms with Crippen molar-refractivity contribution in [2.45, 2.75) is 13.8 Å². The lowest BCUT2D eigenvalue weighted by Crippen LogP contribution is -2.37. The average Bonchev–Trinajstić information content (AvgIpc) is 3.36. The molecular weight excluding hydrogens is 408 g/mol. The maximum atomic E-state index is 12.9. The third-order valence-electron chi connectivity index (χ3n) is 5.32.